The third-order valence-electron chi connectivity index (χ3n) is 5.29. The first kappa shape index (κ1) is 27.9. The molecule has 0 radical (unpaired) electrons. The summed E-state index contributed by atoms with van der Waals surface area (Å²) in [6.45, 7) is 8.01. The first-order valence-corrected chi connectivity index (χ1v) is 11.8. The Kier molecular flexibility index (Phi) is 11.6. The van der Waals surface area contributed by atoms with Crippen molar-refractivity contribution in [2.45, 2.75) is 78.6 Å². The van der Waals surface area contributed by atoms with Gasteiger partial charge in [-0.2, -0.15) is 0 Å². The summed E-state index contributed by atoms with van der Waals surface area (Å²) in [7, 11) is 0. The number of halogens is 4. The lowest BCUT2D eigenvalue weighted by molar-refractivity contribution is -0.118. The van der Waals surface area contributed by atoms with Gasteiger partial charge in [0.15, 0.2) is 0 Å². The molecule has 1 unspecified atom stereocenters. The predicted octanol–water partition coefficient (Wildman–Crippen LogP) is 6.28. The number of aromatic nitrogens is 2. The molecule has 2 aromatic rings. The summed E-state index contributed by atoms with van der Waals surface area (Å²) in [5.41, 5.74) is 0.720. The normalized spacial score (nSPS) is 13.4. The monoisotopic (exact) mass is 500 g/mol. The van der Waals surface area contributed by atoms with Crippen LogP contribution in [0.15, 0.2) is 18.2 Å². The van der Waals surface area contributed by atoms with Crippen LogP contribution in [0.5, 0.6) is 0 Å². The molecule has 0 bridgehead atoms. The van der Waals surface area contributed by atoms with Crippen molar-refractivity contribution in [3.63, 3.8) is 0 Å². The van der Waals surface area contributed by atoms with Crippen molar-refractivity contribution in [1.82, 2.24) is 14.9 Å². The smallest absolute Gasteiger partial charge is 0.266 e. The van der Waals surface area contributed by atoms with E-state index in [1.165, 1.54) is 36.3 Å². The van der Waals surface area contributed by atoms with Crippen LogP contribution < -0.4 is 5.32 Å². The quantitative estimate of drug-likeness (QED) is 0.290. The topological polar surface area (TPSA) is 67.3 Å². The second-order valence-corrected chi connectivity index (χ2v) is 8.41. The van der Waals surface area contributed by atoms with Gasteiger partial charge in [-0.25, -0.2) is 23.1 Å². The van der Waals surface area contributed by atoms with Gasteiger partial charge in [0.25, 0.3) is 6.43 Å². The van der Waals surface area contributed by atoms with E-state index in [1.54, 1.807) is 0 Å². The zero-order valence-corrected chi connectivity index (χ0v) is 20.5. The van der Waals surface area contributed by atoms with Gasteiger partial charge in [-0.05, 0) is 31.4 Å². The maximum absolute atomic E-state index is 14.1. The number of alkyl halides is 2. The number of nitrogens with one attached hydrogen (secondary N) is 1. The minimum Gasteiger partial charge on any atom is -0.379 e. The highest BCUT2D eigenvalue weighted by Gasteiger charge is 2.24. The number of amides is 1. The molecular weight excluding hydrogens is 469 g/mol. The molecule has 1 amide bonds. The van der Waals surface area contributed by atoms with Crippen molar-refractivity contribution in [2.24, 2.45) is 0 Å². The fourth-order valence-corrected chi connectivity index (χ4v) is 3.63. The first-order chi connectivity index (χ1) is 16.3. The van der Waals surface area contributed by atoms with E-state index in [1.807, 2.05) is 0 Å². The Morgan fingerprint density at radius 3 is 2.65 bits per heavy atom. The van der Waals surface area contributed by atoms with Gasteiger partial charge in [-0.1, -0.05) is 44.9 Å². The molecule has 1 aromatic carbocycles. The van der Waals surface area contributed by atoms with Gasteiger partial charge in [-0.15, -0.1) is 0 Å². The highest BCUT2D eigenvalue weighted by atomic mass is 35.5. The molecule has 6 nitrogen and oxygen atoms in total. The van der Waals surface area contributed by atoms with E-state index in [4.69, 9.17) is 16.3 Å². The molecule has 188 valence electrons. The zero-order chi connectivity index (χ0) is 25.1. The molecule has 10 heteroatoms. The van der Waals surface area contributed by atoms with Crippen molar-refractivity contribution >= 4 is 23.8 Å². The third kappa shape index (κ3) is 8.13. The molecule has 1 aliphatic heterocycles. The lowest BCUT2D eigenvalue weighted by Gasteiger charge is -2.12. The minimum absolute atomic E-state index is 0.00852. The van der Waals surface area contributed by atoms with Crippen LogP contribution in [0.4, 0.5) is 19.0 Å². The molecule has 1 N–H and O–H groups in total. The Bertz CT molecular complexity index is 925. The zero-order valence-electron chi connectivity index (χ0n) is 19.8. The standard InChI is InChI=1S/C15H12ClF3N4O.C9H20O/c16-15-21-11-6-23(7-24)5-10(11)14(22-15)20-4-8-2-1-3-9(12(8)17)13(18)19;1-4-6-7-9(3)10-8-5-2/h1-3,7,13H,4-6H2,(H,20,21,22);9H,4-8H2,1-3H3. The first-order valence-electron chi connectivity index (χ1n) is 11.5. The van der Waals surface area contributed by atoms with E-state index in [0.29, 0.717) is 42.7 Å². The number of anilines is 1. The van der Waals surface area contributed by atoms with Gasteiger partial charge in [0, 0.05) is 24.3 Å². The summed E-state index contributed by atoms with van der Waals surface area (Å²) in [6.07, 6.45) is 3.20. The Hall–Kier alpha value is -2.39. The Balaban J connectivity index is 0.000000347. The van der Waals surface area contributed by atoms with Gasteiger partial charge in [0.2, 0.25) is 11.7 Å². The fourth-order valence-electron chi connectivity index (χ4n) is 3.45. The van der Waals surface area contributed by atoms with Crippen molar-refractivity contribution in [3.8, 4) is 0 Å². The highest BCUT2D eigenvalue weighted by molar-refractivity contribution is 6.28. The number of carbonyl (C=O) groups excluding carboxylic acids is 1. The SMILES string of the molecule is CCCCC(C)OCCC.O=CN1Cc2nc(Cl)nc(NCc3cccc(C(F)F)c3F)c2C1. The lowest BCUT2D eigenvalue weighted by Crippen LogP contribution is -2.13. The summed E-state index contributed by atoms with van der Waals surface area (Å²) < 4.78 is 45.1. The van der Waals surface area contributed by atoms with E-state index < -0.39 is 17.8 Å². The number of hydrogen-bond acceptors (Lipinski definition) is 5. The average Bonchev–Trinajstić information content (AvgIpc) is 3.24. The van der Waals surface area contributed by atoms with Gasteiger partial charge in [0.1, 0.15) is 11.6 Å². The molecule has 3 rings (SSSR count). The molecule has 1 atom stereocenters. The van der Waals surface area contributed by atoms with Gasteiger partial charge in [0.05, 0.1) is 30.5 Å². The molecule has 0 fully saturated rings. The van der Waals surface area contributed by atoms with E-state index in [-0.39, 0.29) is 17.4 Å². The number of rotatable bonds is 11. The number of ether oxygens (including phenoxy) is 1. The molecule has 0 saturated heterocycles. The van der Waals surface area contributed by atoms with E-state index in [0.717, 1.165) is 19.1 Å². The number of hydrogen-bond donors (Lipinski definition) is 1. The van der Waals surface area contributed by atoms with Gasteiger partial charge in [-0.3, -0.25) is 4.79 Å². The molecule has 1 aromatic heterocycles. The van der Waals surface area contributed by atoms with E-state index >= 15 is 0 Å². The van der Waals surface area contributed by atoms with Crippen LogP contribution in [0.25, 0.3) is 0 Å². The number of unbranched alkanes of at least 4 members (excludes halogenated alkanes) is 1. The lowest BCUT2D eigenvalue weighted by atomic mass is 10.1. The van der Waals surface area contributed by atoms with Crippen LogP contribution in [0.2, 0.25) is 5.28 Å². The number of benzene rings is 1. The van der Waals surface area contributed by atoms with Crippen LogP contribution in [0, 0.1) is 5.82 Å². The number of fused-ring (bicyclic) bond motifs is 1. The van der Waals surface area contributed by atoms with Crippen LogP contribution >= 0.6 is 11.6 Å². The van der Waals surface area contributed by atoms with E-state index in [2.05, 4.69) is 36.1 Å². The largest absolute Gasteiger partial charge is 0.379 e. The molecule has 2 heterocycles. The number of carbonyl (C=O) groups is 1. The summed E-state index contributed by atoms with van der Waals surface area (Å²) in [6, 6.07) is 3.83. The molecule has 1 aliphatic rings. The maximum atomic E-state index is 14.1. The maximum Gasteiger partial charge on any atom is 0.266 e. The van der Waals surface area contributed by atoms with Crippen molar-refractivity contribution < 1.29 is 22.7 Å². The second kappa shape index (κ2) is 14.1. The van der Waals surface area contributed by atoms with E-state index in [9.17, 15) is 18.0 Å². The molecular formula is C24H32ClF3N4O2. The molecule has 0 aliphatic carbocycles. The van der Waals surface area contributed by atoms with Crippen molar-refractivity contribution in [3.05, 3.63) is 51.7 Å². The summed E-state index contributed by atoms with van der Waals surface area (Å²) in [4.78, 5) is 20.5. The van der Waals surface area contributed by atoms with Crippen LogP contribution in [0.1, 0.15) is 75.3 Å². The summed E-state index contributed by atoms with van der Waals surface area (Å²) in [5.74, 6) is -0.595. The fraction of sp³-hybridized carbons (Fsp3) is 0.542. The Morgan fingerprint density at radius 2 is 2.00 bits per heavy atom. The van der Waals surface area contributed by atoms with Gasteiger partial charge >= 0.3 is 0 Å². The minimum atomic E-state index is -2.89. The third-order valence-corrected chi connectivity index (χ3v) is 5.46. The second-order valence-electron chi connectivity index (χ2n) is 8.08. The molecule has 0 saturated carbocycles. The van der Waals surface area contributed by atoms with Crippen LogP contribution in [0.3, 0.4) is 0 Å². The summed E-state index contributed by atoms with van der Waals surface area (Å²) >= 11 is 5.86. The predicted molar refractivity (Wildman–Crippen MR) is 126 cm³/mol. The molecule has 0 spiro atoms. The van der Waals surface area contributed by atoms with Crippen molar-refractivity contribution in [1.29, 1.82) is 0 Å². The summed E-state index contributed by atoms with van der Waals surface area (Å²) in [5, 5.41) is 2.88. The van der Waals surface area contributed by atoms with Crippen molar-refractivity contribution in [2.75, 3.05) is 11.9 Å². The van der Waals surface area contributed by atoms with Gasteiger partial charge < -0.3 is 15.0 Å². The Labute approximate surface area is 203 Å². The van der Waals surface area contributed by atoms with Crippen LogP contribution in [-0.2, 0) is 29.2 Å². The average molecular weight is 501 g/mol. The molecule has 34 heavy (non-hydrogen) atoms. The highest BCUT2D eigenvalue weighted by Crippen LogP contribution is 2.28. The number of nitrogens with zero attached hydrogens (tertiary/aromatic N) is 3. The Morgan fingerprint density at radius 1 is 1.24 bits per heavy atom. The van der Waals surface area contributed by atoms with Crippen LogP contribution in [-0.4, -0.2) is 34.0 Å².